The van der Waals surface area contributed by atoms with Crippen LogP contribution in [0.15, 0.2) is 54.6 Å². The Morgan fingerprint density at radius 1 is 0.561 bits per heavy atom. The van der Waals surface area contributed by atoms with E-state index in [1.807, 2.05) is 0 Å². The maximum atomic E-state index is 14.1. The SMILES string of the molecule is CC(C)[C@H](NC(=O)[C@@H](NC(=O)CNC(=O)[C@H](CC(=O)OC(C)(C)C)NC(=O)[C@H](Cc1ccccc1)NC(=O)[C@@H](C)NC(=O)[C@H](Cc1ccc(O)cc1)NC(=O)OC(C)(C)C)C(C)C)C(N)=O. The quantitative estimate of drug-likeness (QED) is 0.0752. The average molecular weight is 925 g/mol. The molecule has 0 heterocycles. The van der Waals surface area contributed by atoms with Gasteiger partial charge in [0.1, 0.15) is 53.2 Å². The van der Waals surface area contributed by atoms with Gasteiger partial charge >= 0.3 is 12.1 Å². The minimum absolute atomic E-state index is 0.0127. The molecule has 0 radical (unpaired) electrons. The monoisotopic (exact) mass is 924 g/mol. The number of carbonyl (C=O) groups excluding carboxylic acids is 9. The third kappa shape index (κ3) is 20.4. The average Bonchev–Trinajstić information content (AvgIpc) is 3.19. The number of amides is 8. The number of benzene rings is 2. The topological polar surface area (TPSA) is 303 Å². The summed E-state index contributed by atoms with van der Waals surface area (Å²) in [6, 6.07) is 6.76. The Hall–Kier alpha value is -6.73. The van der Waals surface area contributed by atoms with Gasteiger partial charge in [-0.3, -0.25) is 38.4 Å². The molecular formula is C46H68N8O12. The van der Waals surface area contributed by atoms with Gasteiger partial charge in [0.2, 0.25) is 41.4 Å². The number of alkyl carbamates (subject to hydrolysis) is 1. The Morgan fingerprint density at radius 3 is 1.58 bits per heavy atom. The van der Waals surface area contributed by atoms with Gasteiger partial charge in [-0.25, -0.2) is 4.79 Å². The number of hydrogen-bond donors (Lipinski definition) is 9. The molecule has 2 rings (SSSR count). The van der Waals surface area contributed by atoms with Crippen molar-refractivity contribution in [3.8, 4) is 5.75 Å². The fourth-order valence-electron chi connectivity index (χ4n) is 6.15. The summed E-state index contributed by atoms with van der Waals surface area (Å²) in [5, 5.41) is 27.4. The molecule has 0 spiro atoms. The molecule has 0 unspecified atom stereocenters. The van der Waals surface area contributed by atoms with Crippen LogP contribution in [0.4, 0.5) is 4.79 Å². The number of nitrogens with two attached hydrogens (primary N) is 1. The van der Waals surface area contributed by atoms with Crippen LogP contribution >= 0.6 is 0 Å². The molecule has 364 valence electrons. The van der Waals surface area contributed by atoms with E-state index >= 15 is 0 Å². The zero-order valence-electron chi connectivity index (χ0n) is 39.7. The summed E-state index contributed by atoms with van der Waals surface area (Å²) in [7, 11) is 0. The predicted octanol–water partition coefficient (Wildman–Crippen LogP) is 1.16. The van der Waals surface area contributed by atoms with Gasteiger partial charge in [0.05, 0.1) is 13.0 Å². The highest BCUT2D eigenvalue weighted by atomic mass is 16.6. The zero-order valence-corrected chi connectivity index (χ0v) is 39.7. The number of carbonyl (C=O) groups is 9. The maximum Gasteiger partial charge on any atom is 0.408 e. The third-order valence-electron chi connectivity index (χ3n) is 9.43. The van der Waals surface area contributed by atoms with Crippen molar-refractivity contribution in [2.45, 2.75) is 143 Å². The number of hydrogen-bond acceptors (Lipinski definition) is 12. The van der Waals surface area contributed by atoms with E-state index in [-0.39, 0.29) is 24.5 Å². The molecule has 0 fully saturated rings. The van der Waals surface area contributed by atoms with E-state index in [0.29, 0.717) is 11.1 Å². The number of esters is 1. The molecule has 6 atom stereocenters. The Morgan fingerprint density at radius 2 is 1.06 bits per heavy atom. The van der Waals surface area contributed by atoms with Gasteiger partial charge in [0, 0.05) is 12.8 Å². The normalized spacial score (nSPS) is 14.2. The fourth-order valence-corrected chi connectivity index (χ4v) is 6.15. The Kier molecular flexibility index (Phi) is 21.1. The van der Waals surface area contributed by atoms with Crippen molar-refractivity contribution < 1.29 is 57.7 Å². The van der Waals surface area contributed by atoms with Crippen molar-refractivity contribution in [1.29, 1.82) is 0 Å². The van der Waals surface area contributed by atoms with Crippen LogP contribution in [0, 0.1) is 11.8 Å². The molecule has 0 bridgehead atoms. The van der Waals surface area contributed by atoms with E-state index in [0.717, 1.165) is 0 Å². The predicted molar refractivity (Wildman–Crippen MR) is 243 cm³/mol. The van der Waals surface area contributed by atoms with Crippen LogP contribution in [0.1, 0.15) is 93.7 Å². The van der Waals surface area contributed by atoms with Crippen LogP contribution in [0.3, 0.4) is 0 Å². The van der Waals surface area contributed by atoms with Crippen molar-refractivity contribution in [2.75, 3.05) is 6.54 Å². The summed E-state index contributed by atoms with van der Waals surface area (Å²) >= 11 is 0. The highest BCUT2D eigenvalue weighted by Crippen LogP contribution is 2.14. The standard InChI is InChI=1S/C46H68N8O12/c1-25(2)36(38(47)58)54-43(63)37(26(3)4)53-34(56)24-48-40(60)33(23-35(57)65-45(6,7)8)51-42(62)31(21-28-15-13-12-14-16-28)50-39(59)27(5)49-41(61)32(52-44(64)66-46(9,10)11)22-29-17-19-30(55)20-18-29/h12-20,25-27,31-33,36-37,55H,21-24H2,1-11H3,(H2,47,58)(H,48,60)(H,49,61)(H,50,59)(H,51,62)(H,52,64)(H,53,56)(H,54,63)/t27-,31+,32+,33+,36+,37+/m1/s1. The maximum absolute atomic E-state index is 14.1. The van der Waals surface area contributed by atoms with Gasteiger partial charge < -0.3 is 57.5 Å². The van der Waals surface area contributed by atoms with Crippen LogP contribution in [0.2, 0.25) is 0 Å². The molecule has 66 heavy (non-hydrogen) atoms. The van der Waals surface area contributed by atoms with E-state index in [9.17, 15) is 48.3 Å². The summed E-state index contributed by atoms with van der Waals surface area (Å²) in [5.74, 6) is -7.43. The lowest BCUT2D eigenvalue weighted by molar-refractivity contribution is -0.156. The van der Waals surface area contributed by atoms with Gasteiger partial charge in [-0.05, 0) is 83.6 Å². The summed E-state index contributed by atoms with van der Waals surface area (Å²) in [6.45, 7) is 17.1. The Bertz CT molecular complexity index is 2010. The first-order chi connectivity index (χ1) is 30.5. The van der Waals surface area contributed by atoms with Crippen LogP contribution in [-0.4, -0.2) is 113 Å². The van der Waals surface area contributed by atoms with E-state index in [2.05, 4.69) is 37.2 Å². The van der Waals surface area contributed by atoms with Crippen molar-refractivity contribution in [3.05, 3.63) is 65.7 Å². The van der Waals surface area contributed by atoms with E-state index in [4.69, 9.17) is 15.2 Å². The molecule has 10 N–H and O–H groups in total. The molecule has 0 aromatic heterocycles. The molecule has 0 saturated carbocycles. The lowest BCUT2D eigenvalue weighted by atomic mass is 10.00. The molecular weight excluding hydrogens is 857 g/mol. The van der Waals surface area contributed by atoms with Gasteiger partial charge in [0.15, 0.2) is 0 Å². The first-order valence-electron chi connectivity index (χ1n) is 21.7. The zero-order chi connectivity index (χ0) is 50.1. The Labute approximate surface area is 386 Å². The van der Waals surface area contributed by atoms with E-state index < -0.39 is 120 Å². The number of phenolic OH excluding ortho intramolecular Hbond substituents is 1. The number of nitrogens with one attached hydrogen (secondary N) is 7. The highest BCUT2D eigenvalue weighted by Gasteiger charge is 2.34. The van der Waals surface area contributed by atoms with Crippen LogP contribution in [-0.2, 0) is 60.7 Å². The number of primary amides is 1. The number of aromatic hydroxyl groups is 1. The van der Waals surface area contributed by atoms with Crippen molar-refractivity contribution in [2.24, 2.45) is 17.6 Å². The first-order valence-corrected chi connectivity index (χ1v) is 21.7. The highest BCUT2D eigenvalue weighted by molar-refractivity contribution is 5.97. The summed E-state index contributed by atoms with van der Waals surface area (Å²) in [6.07, 6.45) is -1.75. The number of ether oxygens (including phenoxy) is 2. The smallest absolute Gasteiger partial charge is 0.408 e. The second-order valence-corrected chi connectivity index (χ2v) is 18.5. The fraction of sp³-hybridized carbons (Fsp3) is 0.543. The van der Waals surface area contributed by atoms with Crippen molar-refractivity contribution >= 4 is 53.4 Å². The Balaban J connectivity index is 2.34. The molecule has 0 saturated heterocycles. The van der Waals surface area contributed by atoms with Gasteiger partial charge in [0.25, 0.3) is 0 Å². The molecule has 0 aliphatic heterocycles. The van der Waals surface area contributed by atoms with Crippen molar-refractivity contribution in [1.82, 2.24) is 37.2 Å². The van der Waals surface area contributed by atoms with Crippen molar-refractivity contribution in [3.63, 3.8) is 0 Å². The van der Waals surface area contributed by atoms with Gasteiger partial charge in [-0.1, -0.05) is 70.2 Å². The minimum Gasteiger partial charge on any atom is -0.508 e. The molecule has 20 heteroatoms. The van der Waals surface area contributed by atoms with Crippen LogP contribution in [0.25, 0.3) is 0 Å². The van der Waals surface area contributed by atoms with Gasteiger partial charge in [-0.15, -0.1) is 0 Å². The second-order valence-electron chi connectivity index (χ2n) is 18.5. The number of rotatable bonds is 22. The third-order valence-corrected chi connectivity index (χ3v) is 9.43. The molecule has 0 aliphatic carbocycles. The van der Waals surface area contributed by atoms with Gasteiger partial charge in [-0.2, -0.15) is 0 Å². The summed E-state index contributed by atoms with van der Waals surface area (Å²) in [4.78, 5) is 119. The largest absolute Gasteiger partial charge is 0.508 e. The molecule has 2 aromatic carbocycles. The van der Waals surface area contributed by atoms with Crippen LogP contribution in [0.5, 0.6) is 5.75 Å². The number of phenols is 1. The molecule has 20 nitrogen and oxygen atoms in total. The first kappa shape index (κ1) is 55.4. The summed E-state index contributed by atoms with van der Waals surface area (Å²) < 4.78 is 10.8. The van der Waals surface area contributed by atoms with E-state index in [1.165, 1.54) is 19.1 Å². The summed E-state index contributed by atoms with van der Waals surface area (Å²) in [5.41, 5.74) is 4.73. The van der Waals surface area contributed by atoms with E-state index in [1.54, 1.807) is 112 Å². The molecule has 2 aromatic rings. The molecule has 0 aliphatic rings. The lowest BCUT2D eigenvalue weighted by Crippen LogP contribution is -2.59. The minimum atomic E-state index is -1.64. The van der Waals surface area contributed by atoms with Crippen LogP contribution < -0.4 is 43.0 Å². The molecule has 8 amide bonds. The lowest BCUT2D eigenvalue weighted by Gasteiger charge is -2.27. The second kappa shape index (κ2) is 25.1.